The van der Waals surface area contributed by atoms with Gasteiger partial charge in [-0.1, -0.05) is 12.1 Å². The fraction of sp³-hybridized carbons (Fsp3) is 0.550. The number of likely N-dealkylation sites (tertiary alicyclic amines) is 1. The van der Waals surface area contributed by atoms with Crippen LogP contribution in [0.15, 0.2) is 24.3 Å². The van der Waals surface area contributed by atoms with Gasteiger partial charge in [-0.25, -0.2) is 0 Å². The molecule has 3 amide bonds. The third-order valence-electron chi connectivity index (χ3n) is 5.27. The van der Waals surface area contributed by atoms with Crippen LogP contribution in [-0.2, 0) is 20.9 Å². The number of carbonyl (C=O) groups excluding carboxylic acids is 3. The van der Waals surface area contributed by atoms with Crippen LogP contribution in [0.3, 0.4) is 0 Å². The monoisotopic (exact) mass is 373 g/mol. The molecule has 2 saturated heterocycles. The van der Waals surface area contributed by atoms with Crippen LogP contribution in [-0.4, -0.2) is 71.8 Å². The molecule has 2 fully saturated rings. The Hall–Kier alpha value is -2.57. The van der Waals surface area contributed by atoms with E-state index in [2.05, 4.69) is 0 Å². The van der Waals surface area contributed by atoms with Gasteiger partial charge in [0.2, 0.25) is 17.7 Å². The first-order valence-electron chi connectivity index (χ1n) is 9.38. The summed E-state index contributed by atoms with van der Waals surface area (Å²) in [4.78, 5) is 42.5. The summed E-state index contributed by atoms with van der Waals surface area (Å²) in [5.74, 6) is 0.293. The Balaban J connectivity index is 1.57. The Morgan fingerprint density at radius 1 is 1.22 bits per heavy atom. The summed E-state index contributed by atoms with van der Waals surface area (Å²) >= 11 is 0. The zero-order chi connectivity index (χ0) is 19.6. The molecular weight excluding hydrogens is 346 g/mol. The van der Waals surface area contributed by atoms with Crippen molar-refractivity contribution in [3.05, 3.63) is 29.8 Å². The molecule has 0 aromatic heterocycles. The number of amides is 3. The van der Waals surface area contributed by atoms with E-state index < -0.39 is 0 Å². The Bertz CT molecular complexity index is 734. The highest BCUT2D eigenvalue weighted by molar-refractivity contribution is 5.92. The number of ether oxygens (including phenoxy) is 1. The molecule has 0 N–H and O–H groups in total. The molecule has 3 rings (SSSR count). The van der Waals surface area contributed by atoms with Crippen molar-refractivity contribution in [1.82, 2.24) is 14.7 Å². The molecule has 1 aromatic rings. The number of carbonyl (C=O) groups is 3. The fourth-order valence-corrected chi connectivity index (χ4v) is 3.71. The number of benzene rings is 1. The van der Waals surface area contributed by atoms with E-state index in [0.717, 1.165) is 11.3 Å². The molecule has 7 nitrogen and oxygen atoms in total. The van der Waals surface area contributed by atoms with Gasteiger partial charge in [0.25, 0.3) is 0 Å². The minimum absolute atomic E-state index is 0.0198. The van der Waals surface area contributed by atoms with E-state index in [1.807, 2.05) is 38.1 Å². The highest BCUT2D eigenvalue weighted by Crippen LogP contribution is 2.23. The lowest BCUT2D eigenvalue weighted by Gasteiger charge is -2.35. The number of piperazine rings is 1. The minimum Gasteiger partial charge on any atom is -0.497 e. The molecule has 0 aliphatic carbocycles. The summed E-state index contributed by atoms with van der Waals surface area (Å²) in [6.45, 7) is 5.93. The minimum atomic E-state index is -0.336. The molecule has 0 radical (unpaired) electrons. The number of nitrogens with zero attached hydrogens (tertiary/aromatic N) is 3. The fourth-order valence-electron chi connectivity index (χ4n) is 3.71. The van der Waals surface area contributed by atoms with E-state index in [4.69, 9.17) is 4.74 Å². The summed E-state index contributed by atoms with van der Waals surface area (Å²) in [7, 11) is 1.61. The molecule has 2 aliphatic heterocycles. The average Bonchev–Trinajstić information content (AvgIpc) is 3.05. The molecule has 2 aliphatic rings. The summed E-state index contributed by atoms with van der Waals surface area (Å²) in [5.41, 5.74) is 0.997. The Labute approximate surface area is 159 Å². The highest BCUT2D eigenvalue weighted by Gasteiger charge is 2.39. The topological polar surface area (TPSA) is 70.2 Å². The summed E-state index contributed by atoms with van der Waals surface area (Å²) < 4.78 is 5.22. The zero-order valence-electron chi connectivity index (χ0n) is 16.2. The van der Waals surface area contributed by atoms with Crippen LogP contribution in [0.4, 0.5) is 0 Å². The third kappa shape index (κ3) is 4.23. The van der Waals surface area contributed by atoms with Gasteiger partial charge < -0.3 is 19.4 Å². The Morgan fingerprint density at radius 3 is 2.63 bits per heavy atom. The molecule has 0 unspecified atom stereocenters. The smallest absolute Gasteiger partial charge is 0.242 e. The molecule has 2 heterocycles. The van der Waals surface area contributed by atoms with E-state index >= 15 is 0 Å². The van der Waals surface area contributed by atoms with Gasteiger partial charge in [-0.3, -0.25) is 14.4 Å². The Kier molecular flexibility index (Phi) is 5.68. The van der Waals surface area contributed by atoms with Gasteiger partial charge in [-0.15, -0.1) is 0 Å². The van der Waals surface area contributed by atoms with Gasteiger partial charge in [-0.05, 0) is 31.5 Å². The summed E-state index contributed by atoms with van der Waals surface area (Å²) in [6, 6.07) is 7.73. The average molecular weight is 373 g/mol. The molecule has 0 bridgehead atoms. The van der Waals surface area contributed by atoms with E-state index in [1.165, 1.54) is 0 Å². The van der Waals surface area contributed by atoms with Gasteiger partial charge in [0.05, 0.1) is 19.6 Å². The van der Waals surface area contributed by atoms with Crippen LogP contribution in [0.2, 0.25) is 0 Å². The SMILES string of the molecule is COc1cccc(CN2CCN(C(=O)[C@H]3CC(=O)N(C(C)C)C3)CC2=O)c1. The van der Waals surface area contributed by atoms with E-state index in [1.54, 1.807) is 21.8 Å². The van der Waals surface area contributed by atoms with Crippen molar-refractivity contribution in [2.75, 3.05) is 33.3 Å². The second kappa shape index (κ2) is 7.98. The number of methoxy groups -OCH3 is 1. The second-order valence-electron chi connectivity index (χ2n) is 7.47. The van der Waals surface area contributed by atoms with Gasteiger partial charge in [0.1, 0.15) is 5.75 Å². The lowest BCUT2D eigenvalue weighted by molar-refractivity contribution is -0.147. The third-order valence-corrected chi connectivity index (χ3v) is 5.27. The molecule has 146 valence electrons. The van der Waals surface area contributed by atoms with Crippen molar-refractivity contribution in [2.24, 2.45) is 5.92 Å². The summed E-state index contributed by atoms with van der Waals surface area (Å²) in [6.07, 6.45) is 0.245. The maximum Gasteiger partial charge on any atom is 0.242 e. The van der Waals surface area contributed by atoms with Crippen molar-refractivity contribution < 1.29 is 19.1 Å². The molecule has 1 aromatic carbocycles. The zero-order valence-corrected chi connectivity index (χ0v) is 16.2. The summed E-state index contributed by atoms with van der Waals surface area (Å²) in [5, 5.41) is 0. The number of rotatable bonds is 5. The molecule has 7 heteroatoms. The van der Waals surface area contributed by atoms with Crippen molar-refractivity contribution in [3.8, 4) is 5.75 Å². The highest BCUT2D eigenvalue weighted by atomic mass is 16.5. The van der Waals surface area contributed by atoms with Gasteiger partial charge in [-0.2, -0.15) is 0 Å². The predicted molar refractivity (Wildman–Crippen MR) is 99.9 cm³/mol. The van der Waals surface area contributed by atoms with Crippen molar-refractivity contribution >= 4 is 17.7 Å². The molecular formula is C20H27N3O4. The van der Waals surface area contributed by atoms with Crippen LogP contribution >= 0.6 is 0 Å². The molecule has 0 spiro atoms. The van der Waals surface area contributed by atoms with Crippen molar-refractivity contribution in [2.45, 2.75) is 32.9 Å². The van der Waals surface area contributed by atoms with E-state index in [0.29, 0.717) is 26.2 Å². The van der Waals surface area contributed by atoms with Crippen LogP contribution in [0.5, 0.6) is 5.75 Å². The van der Waals surface area contributed by atoms with Crippen molar-refractivity contribution in [1.29, 1.82) is 0 Å². The van der Waals surface area contributed by atoms with Gasteiger partial charge >= 0.3 is 0 Å². The molecule has 0 saturated carbocycles. The first-order chi connectivity index (χ1) is 12.9. The van der Waals surface area contributed by atoms with Crippen LogP contribution in [0, 0.1) is 5.92 Å². The molecule has 1 atom stereocenters. The predicted octanol–water partition coefficient (Wildman–Crippen LogP) is 1.12. The van der Waals surface area contributed by atoms with Crippen LogP contribution in [0.1, 0.15) is 25.8 Å². The number of hydrogen-bond acceptors (Lipinski definition) is 4. The number of hydrogen-bond donors (Lipinski definition) is 0. The first-order valence-corrected chi connectivity index (χ1v) is 9.38. The standard InChI is InChI=1S/C20H27N3O4/c1-14(2)23-12-16(10-18(23)24)20(26)22-8-7-21(19(25)13-22)11-15-5-4-6-17(9-15)27-3/h4-6,9,14,16H,7-8,10-13H2,1-3H3/t16-/m0/s1. The molecule has 27 heavy (non-hydrogen) atoms. The van der Waals surface area contributed by atoms with Gasteiger partial charge in [0.15, 0.2) is 0 Å². The lowest BCUT2D eigenvalue weighted by Crippen LogP contribution is -2.53. The Morgan fingerprint density at radius 2 is 2.00 bits per heavy atom. The van der Waals surface area contributed by atoms with Crippen molar-refractivity contribution in [3.63, 3.8) is 0 Å². The van der Waals surface area contributed by atoms with E-state index in [9.17, 15) is 14.4 Å². The lowest BCUT2D eigenvalue weighted by atomic mass is 10.1. The van der Waals surface area contributed by atoms with Crippen LogP contribution < -0.4 is 4.74 Å². The quantitative estimate of drug-likeness (QED) is 0.776. The first kappa shape index (κ1) is 19.2. The maximum absolute atomic E-state index is 12.8. The normalized spacial score (nSPS) is 20.6. The van der Waals surface area contributed by atoms with Gasteiger partial charge in [0, 0.05) is 38.6 Å². The maximum atomic E-state index is 12.8. The van der Waals surface area contributed by atoms with Crippen LogP contribution in [0.25, 0.3) is 0 Å². The van der Waals surface area contributed by atoms with E-state index in [-0.39, 0.29) is 42.6 Å². The largest absolute Gasteiger partial charge is 0.497 e. The second-order valence-corrected chi connectivity index (χ2v) is 7.47.